The van der Waals surface area contributed by atoms with Crippen molar-refractivity contribution in [3.8, 4) is 0 Å². The Balaban J connectivity index is 2.47. The van der Waals surface area contributed by atoms with E-state index >= 15 is 0 Å². The molecule has 1 saturated heterocycles. The fourth-order valence-electron chi connectivity index (χ4n) is 6.17. The summed E-state index contributed by atoms with van der Waals surface area (Å²) in [6, 6.07) is 0. The van der Waals surface area contributed by atoms with Crippen molar-refractivity contribution in [1.29, 1.82) is 0 Å². The zero-order chi connectivity index (χ0) is 42.0. The molecule has 0 aromatic carbocycles. The predicted octanol–water partition coefficient (Wildman–Crippen LogP) is 8.05. The smallest absolute Gasteiger partial charge is 0.462 e. The van der Waals surface area contributed by atoms with Gasteiger partial charge in [-0.15, -0.1) is 0 Å². The Bertz CT molecular complexity index is 1190. The van der Waals surface area contributed by atoms with E-state index in [0.29, 0.717) is 32.1 Å². The highest BCUT2D eigenvalue weighted by Gasteiger charge is 2.35. The predicted molar refractivity (Wildman–Crippen MR) is 223 cm³/mol. The van der Waals surface area contributed by atoms with E-state index in [9.17, 15) is 34.4 Å². The second-order valence-corrected chi connectivity index (χ2v) is 16.2. The summed E-state index contributed by atoms with van der Waals surface area (Å²) in [4.78, 5) is 35.1. The maximum Gasteiger partial charge on any atom is 0.472 e. The highest BCUT2D eigenvalue weighted by atomic mass is 31.2. The van der Waals surface area contributed by atoms with Crippen molar-refractivity contribution in [1.82, 2.24) is 0 Å². The molecule has 0 radical (unpaired) electrons. The zero-order valence-corrected chi connectivity index (χ0v) is 35.7. The molecule has 1 heterocycles. The maximum atomic E-state index is 12.7. The summed E-state index contributed by atoms with van der Waals surface area (Å²) in [5, 5.41) is 30.9. The largest absolute Gasteiger partial charge is 0.472 e. The van der Waals surface area contributed by atoms with E-state index in [4.69, 9.17) is 29.0 Å². The van der Waals surface area contributed by atoms with Crippen molar-refractivity contribution in [2.24, 2.45) is 11.7 Å². The van der Waals surface area contributed by atoms with E-state index in [-0.39, 0.29) is 44.9 Å². The summed E-state index contributed by atoms with van der Waals surface area (Å²) in [5.41, 5.74) is 5.34. The van der Waals surface area contributed by atoms with E-state index < -0.39 is 57.1 Å². The van der Waals surface area contributed by atoms with Gasteiger partial charge in [0.05, 0.1) is 31.5 Å². The summed E-state index contributed by atoms with van der Waals surface area (Å²) in [7, 11) is -4.46. The lowest BCUT2D eigenvalue weighted by Gasteiger charge is -2.36. The lowest BCUT2D eigenvalue weighted by Crippen LogP contribution is -2.43. The van der Waals surface area contributed by atoms with Gasteiger partial charge >= 0.3 is 19.8 Å². The van der Waals surface area contributed by atoms with Crippen LogP contribution in [0.1, 0.15) is 149 Å². The van der Waals surface area contributed by atoms with Gasteiger partial charge in [0.15, 0.2) is 12.4 Å². The van der Waals surface area contributed by atoms with Crippen molar-refractivity contribution in [2.75, 3.05) is 26.4 Å². The first-order valence-corrected chi connectivity index (χ1v) is 23.0. The van der Waals surface area contributed by atoms with Crippen LogP contribution in [0.15, 0.2) is 48.6 Å². The van der Waals surface area contributed by atoms with Crippen LogP contribution in [0.2, 0.25) is 0 Å². The fourth-order valence-corrected chi connectivity index (χ4v) is 6.94. The van der Waals surface area contributed by atoms with Gasteiger partial charge in [0.1, 0.15) is 6.61 Å². The lowest BCUT2D eigenvalue weighted by molar-refractivity contribution is -0.199. The van der Waals surface area contributed by atoms with Gasteiger partial charge in [-0.1, -0.05) is 114 Å². The number of nitrogens with two attached hydrogens (primary N) is 1. The summed E-state index contributed by atoms with van der Waals surface area (Å²) in [6.45, 7) is 3.25. The number of aliphatic hydroxyl groups is 3. The molecular formula is C43H76NO12P. The van der Waals surface area contributed by atoms with Gasteiger partial charge in [0.25, 0.3) is 0 Å². The number of ether oxygens (including phenoxy) is 3. The van der Waals surface area contributed by atoms with Gasteiger partial charge in [-0.05, 0) is 64.2 Å². The Morgan fingerprint density at radius 1 is 0.807 bits per heavy atom. The van der Waals surface area contributed by atoms with E-state index in [2.05, 4.69) is 38.2 Å². The third kappa shape index (κ3) is 29.6. The molecule has 1 aliphatic heterocycles. The normalized spacial score (nSPS) is 21.1. The van der Waals surface area contributed by atoms with E-state index in [1.807, 2.05) is 12.2 Å². The minimum atomic E-state index is -4.46. The number of aliphatic hydroxyl groups excluding tert-OH is 3. The molecule has 0 bridgehead atoms. The second-order valence-electron chi connectivity index (χ2n) is 14.7. The van der Waals surface area contributed by atoms with Crippen molar-refractivity contribution >= 4 is 19.8 Å². The van der Waals surface area contributed by atoms with Crippen LogP contribution < -0.4 is 5.73 Å². The zero-order valence-electron chi connectivity index (χ0n) is 34.8. The Kier molecular flexibility index (Phi) is 32.1. The van der Waals surface area contributed by atoms with Crippen molar-refractivity contribution in [3.05, 3.63) is 48.6 Å². The van der Waals surface area contributed by atoms with Crippen LogP contribution in [0.25, 0.3) is 0 Å². The summed E-state index contributed by atoms with van der Waals surface area (Å²) < 4.78 is 38.4. The summed E-state index contributed by atoms with van der Waals surface area (Å²) in [6.07, 6.45) is 29.0. The van der Waals surface area contributed by atoms with Crippen molar-refractivity contribution in [2.45, 2.75) is 179 Å². The van der Waals surface area contributed by atoms with E-state index in [0.717, 1.165) is 64.2 Å². The molecule has 1 aliphatic rings. The molecule has 0 saturated carbocycles. The molecule has 1 fully saturated rings. The molecule has 330 valence electrons. The molecule has 0 aliphatic carbocycles. The van der Waals surface area contributed by atoms with Gasteiger partial charge in [-0.3, -0.25) is 18.6 Å². The quantitative estimate of drug-likeness (QED) is 0.0178. The number of carbonyl (C=O) groups is 2. The molecule has 1 rings (SSSR count). The van der Waals surface area contributed by atoms with E-state index in [1.54, 1.807) is 12.2 Å². The Hall–Kier alpha value is -2.19. The summed E-state index contributed by atoms with van der Waals surface area (Å²) in [5.74, 6) is -1.36. The van der Waals surface area contributed by atoms with Crippen LogP contribution in [0.4, 0.5) is 0 Å². The number of hydrogen-bond donors (Lipinski definition) is 5. The van der Waals surface area contributed by atoms with Crippen LogP contribution in [-0.4, -0.2) is 89.2 Å². The van der Waals surface area contributed by atoms with Gasteiger partial charge in [-0.2, -0.15) is 0 Å². The van der Waals surface area contributed by atoms with E-state index in [1.165, 1.54) is 19.3 Å². The SMILES string of the molecule is CCCCC/C=C\C/C=C\CCCCCCCC(=O)OC[C@H](COP(=O)(O)OCCN)OC(=O)CCC/C=C\C[C@H]1[C@@H](O)CC(O)O[C@@H]1/C=C/[C@@H](O)CCCCC. The number of allylic oxidation sites excluding steroid dienone is 6. The molecule has 14 heteroatoms. The minimum absolute atomic E-state index is 0.00561. The Morgan fingerprint density at radius 2 is 1.44 bits per heavy atom. The van der Waals surface area contributed by atoms with Crippen LogP contribution >= 0.6 is 7.82 Å². The molecule has 13 nitrogen and oxygen atoms in total. The first-order valence-electron chi connectivity index (χ1n) is 21.5. The number of phosphoric ester groups is 1. The number of carbonyl (C=O) groups excluding carboxylic acids is 2. The molecule has 0 amide bonds. The molecular weight excluding hydrogens is 753 g/mol. The average Bonchev–Trinajstić information content (AvgIpc) is 3.17. The van der Waals surface area contributed by atoms with Gasteiger partial charge in [0, 0.05) is 31.7 Å². The first kappa shape index (κ1) is 52.8. The molecule has 2 unspecified atom stereocenters. The standard InChI is InChI=1S/C43H76NO12P/c1-3-5-7-8-9-10-11-12-13-14-15-16-17-18-23-27-41(47)52-34-37(35-54-57(50,51)53-32-31-44)55-42(48)28-24-20-19-22-26-38-39(46)33-43(49)56-40(38)30-29-36(45)25-21-6-4-2/h9-10,12-13,19,22,29-30,36-40,43,45-46,49H,3-8,11,14-18,20-21,23-28,31-35,44H2,1-2H3,(H,50,51)/b10-9-,13-12-,22-19-,30-29+/t36-,37+,38-,39-,40+,43?/m0/s1. The number of rotatable bonds is 35. The van der Waals surface area contributed by atoms with Crippen LogP contribution in [0.3, 0.4) is 0 Å². The molecule has 57 heavy (non-hydrogen) atoms. The summed E-state index contributed by atoms with van der Waals surface area (Å²) >= 11 is 0. The number of phosphoric acid groups is 1. The molecule has 0 spiro atoms. The Labute approximate surface area is 342 Å². The van der Waals surface area contributed by atoms with Gasteiger partial charge in [-0.25, -0.2) is 4.57 Å². The number of unbranched alkanes of at least 4 members (excludes halogenated alkanes) is 11. The Morgan fingerprint density at radius 3 is 2.16 bits per heavy atom. The molecule has 7 atom stereocenters. The van der Waals surface area contributed by atoms with Crippen molar-refractivity contribution < 1.29 is 57.6 Å². The first-order chi connectivity index (χ1) is 27.5. The molecule has 6 N–H and O–H groups in total. The fraction of sp³-hybridized carbons (Fsp3) is 0.767. The van der Waals surface area contributed by atoms with Gasteiger partial charge in [0.2, 0.25) is 0 Å². The molecule has 0 aromatic heterocycles. The highest BCUT2D eigenvalue weighted by Crippen LogP contribution is 2.43. The second kappa shape index (κ2) is 34.7. The topological polar surface area (TPSA) is 204 Å². The number of hydrogen-bond acceptors (Lipinski definition) is 12. The monoisotopic (exact) mass is 830 g/mol. The number of esters is 2. The maximum absolute atomic E-state index is 12.7. The lowest BCUT2D eigenvalue weighted by atomic mass is 9.87. The average molecular weight is 830 g/mol. The van der Waals surface area contributed by atoms with Crippen LogP contribution in [0.5, 0.6) is 0 Å². The minimum Gasteiger partial charge on any atom is -0.462 e. The third-order valence-electron chi connectivity index (χ3n) is 9.48. The van der Waals surface area contributed by atoms with Crippen LogP contribution in [0, 0.1) is 5.92 Å². The molecule has 0 aromatic rings. The van der Waals surface area contributed by atoms with Crippen LogP contribution in [-0.2, 0) is 37.4 Å². The van der Waals surface area contributed by atoms with Gasteiger partial charge < -0.3 is 40.2 Å². The third-order valence-corrected chi connectivity index (χ3v) is 10.5. The van der Waals surface area contributed by atoms with Crippen molar-refractivity contribution in [3.63, 3.8) is 0 Å². The highest BCUT2D eigenvalue weighted by molar-refractivity contribution is 7.47.